The summed E-state index contributed by atoms with van der Waals surface area (Å²) in [5, 5.41) is 3.25. The van der Waals surface area contributed by atoms with Crippen molar-refractivity contribution in [1.29, 1.82) is 0 Å². The van der Waals surface area contributed by atoms with E-state index >= 15 is 0 Å². The summed E-state index contributed by atoms with van der Waals surface area (Å²) < 4.78 is 26.9. The molecule has 0 aliphatic carbocycles. The molecule has 1 rings (SSSR count). The molecule has 1 aromatic rings. The topological polar surface area (TPSA) is 61.4 Å². The molecule has 0 heterocycles. The van der Waals surface area contributed by atoms with E-state index in [1.54, 1.807) is 12.1 Å². The molecule has 0 atom stereocenters. The van der Waals surface area contributed by atoms with E-state index < -0.39 is 10.0 Å². The van der Waals surface area contributed by atoms with E-state index in [-0.39, 0.29) is 0 Å². The van der Waals surface area contributed by atoms with Crippen molar-refractivity contribution in [1.82, 2.24) is 14.9 Å². The molecule has 0 bridgehead atoms. The Morgan fingerprint density at radius 3 is 2.33 bits per heavy atom. The van der Waals surface area contributed by atoms with Crippen LogP contribution in [0.2, 0.25) is 0 Å². The van der Waals surface area contributed by atoms with Crippen molar-refractivity contribution in [2.45, 2.75) is 24.7 Å². The number of benzene rings is 1. The Labute approximate surface area is 128 Å². The second-order valence-corrected chi connectivity index (χ2v) is 7.07. The summed E-state index contributed by atoms with van der Waals surface area (Å²) >= 11 is 0. The Hall–Kier alpha value is -0.950. The van der Waals surface area contributed by atoms with E-state index in [1.807, 2.05) is 31.1 Å². The molecular weight excluding hydrogens is 286 g/mol. The number of likely N-dealkylation sites (N-methyl/N-ethyl adjacent to an activating group) is 1. The summed E-state index contributed by atoms with van der Waals surface area (Å²) in [5.74, 6) is 0. The molecule has 0 aliphatic heterocycles. The van der Waals surface area contributed by atoms with Gasteiger partial charge in [0, 0.05) is 6.54 Å². The highest BCUT2D eigenvalue weighted by molar-refractivity contribution is 7.89. The first-order valence-corrected chi connectivity index (χ1v) is 8.88. The lowest BCUT2D eigenvalue weighted by atomic mass is 10.1. The molecule has 1 aromatic carbocycles. The minimum absolute atomic E-state index is 0.333. The number of nitrogens with zero attached hydrogens (tertiary/aromatic N) is 1. The fourth-order valence-corrected chi connectivity index (χ4v) is 3.00. The van der Waals surface area contributed by atoms with Gasteiger partial charge in [-0.25, -0.2) is 13.1 Å². The van der Waals surface area contributed by atoms with E-state index in [9.17, 15) is 8.42 Å². The van der Waals surface area contributed by atoms with Crippen molar-refractivity contribution in [2.24, 2.45) is 0 Å². The van der Waals surface area contributed by atoms with Gasteiger partial charge in [-0.3, -0.25) is 0 Å². The third kappa shape index (κ3) is 7.04. The SMILES string of the molecule is CCNCCc1ccc(S(=O)(=O)NCCCN(C)C)cc1. The maximum absolute atomic E-state index is 12.1. The van der Waals surface area contributed by atoms with Crippen LogP contribution in [0.4, 0.5) is 0 Å². The first-order valence-electron chi connectivity index (χ1n) is 7.39. The molecule has 0 spiro atoms. The highest BCUT2D eigenvalue weighted by Crippen LogP contribution is 2.10. The first-order chi connectivity index (χ1) is 9.95. The van der Waals surface area contributed by atoms with Gasteiger partial charge in [0.25, 0.3) is 0 Å². The molecule has 6 heteroatoms. The van der Waals surface area contributed by atoms with Crippen molar-refractivity contribution in [3.8, 4) is 0 Å². The van der Waals surface area contributed by atoms with Crippen LogP contribution in [0.1, 0.15) is 18.9 Å². The molecule has 0 aromatic heterocycles. The number of nitrogens with one attached hydrogen (secondary N) is 2. The Kier molecular flexibility index (Phi) is 7.88. The predicted molar refractivity (Wildman–Crippen MR) is 87.0 cm³/mol. The number of hydrogen-bond donors (Lipinski definition) is 2. The lowest BCUT2D eigenvalue weighted by Gasteiger charge is -2.10. The molecule has 0 fully saturated rings. The van der Waals surface area contributed by atoms with Gasteiger partial charge in [0.2, 0.25) is 10.0 Å². The van der Waals surface area contributed by atoms with Gasteiger partial charge in [0.05, 0.1) is 4.90 Å². The van der Waals surface area contributed by atoms with Gasteiger partial charge in [-0.1, -0.05) is 19.1 Å². The number of sulfonamides is 1. The smallest absolute Gasteiger partial charge is 0.240 e. The molecule has 0 saturated carbocycles. The predicted octanol–water partition coefficient (Wildman–Crippen LogP) is 1.07. The second kappa shape index (κ2) is 9.15. The number of rotatable bonds is 10. The van der Waals surface area contributed by atoms with E-state index in [0.29, 0.717) is 11.4 Å². The van der Waals surface area contributed by atoms with Crippen LogP contribution in [0.25, 0.3) is 0 Å². The minimum atomic E-state index is -3.38. The third-order valence-electron chi connectivity index (χ3n) is 3.15. The van der Waals surface area contributed by atoms with Crippen LogP contribution < -0.4 is 10.0 Å². The summed E-state index contributed by atoms with van der Waals surface area (Å²) in [6.45, 7) is 5.25. The van der Waals surface area contributed by atoms with E-state index in [4.69, 9.17) is 0 Å². The molecular formula is C15H27N3O2S. The first kappa shape index (κ1) is 18.1. The molecule has 21 heavy (non-hydrogen) atoms. The highest BCUT2D eigenvalue weighted by atomic mass is 32.2. The average Bonchev–Trinajstić information content (AvgIpc) is 2.44. The molecule has 5 nitrogen and oxygen atoms in total. The standard InChI is InChI=1S/C15H27N3O2S/c1-4-16-12-10-14-6-8-15(9-7-14)21(19,20)17-11-5-13-18(2)3/h6-9,16-17H,4-5,10-13H2,1-3H3. The van der Waals surface area contributed by atoms with Crippen LogP contribution in [0.5, 0.6) is 0 Å². The fraction of sp³-hybridized carbons (Fsp3) is 0.600. The Morgan fingerprint density at radius 1 is 1.10 bits per heavy atom. The summed E-state index contributed by atoms with van der Waals surface area (Å²) in [5.41, 5.74) is 1.14. The molecule has 120 valence electrons. The summed E-state index contributed by atoms with van der Waals surface area (Å²) in [6, 6.07) is 7.11. The molecule has 0 saturated heterocycles. The van der Waals surface area contributed by atoms with Crippen molar-refractivity contribution in [3.63, 3.8) is 0 Å². The molecule has 0 amide bonds. The van der Waals surface area contributed by atoms with Crippen LogP contribution in [-0.2, 0) is 16.4 Å². The van der Waals surface area contributed by atoms with Crippen LogP contribution in [-0.4, -0.2) is 53.6 Å². The number of hydrogen-bond acceptors (Lipinski definition) is 4. The van der Waals surface area contributed by atoms with Gasteiger partial charge in [-0.15, -0.1) is 0 Å². The van der Waals surface area contributed by atoms with Gasteiger partial charge in [0.1, 0.15) is 0 Å². The van der Waals surface area contributed by atoms with Gasteiger partial charge in [0.15, 0.2) is 0 Å². The summed E-state index contributed by atoms with van der Waals surface area (Å²) in [4.78, 5) is 2.37. The quantitative estimate of drug-likeness (QED) is 0.634. The zero-order chi connectivity index (χ0) is 15.7. The highest BCUT2D eigenvalue weighted by Gasteiger charge is 2.12. The van der Waals surface area contributed by atoms with E-state index in [0.717, 1.165) is 38.0 Å². The lowest BCUT2D eigenvalue weighted by molar-refractivity contribution is 0.400. The summed E-state index contributed by atoms with van der Waals surface area (Å²) in [6.07, 6.45) is 1.71. The van der Waals surface area contributed by atoms with E-state index in [1.165, 1.54) is 0 Å². The van der Waals surface area contributed by atoms with Crippen molar-refractivity contribution >= 4 is 10.0 Å². The molecule has 0 aliphatic rings. The lowest BCUT2D eigenvalue weighted by Crippen LogP contribution is -2.27. The van der Waals surface area contributed by atoms with Crippen molar-refractivity contribution in [3.05, 3.63) is 29.8 Å². The Morgan fingerprint density at radius 2 is 1.76 bits per heavy atom. The minimum Gasteiger partial charge on any atom is -0.317 e. The maximum atomic E-state index is 12.1. The van der Waals surface area contributed by atoms with Crippen molar-refractivity contribution in [2.75, 3.05) is 40.3 Å². The molecule has 0 unspecified atom stereocenters. The summed E-state index contributed by atoms with van der Waals surface area (Å²) in [7, 11) is 0.561. The average molecular weight is 313 g/mol. The van der Waals surface area contributed by atoms with Gasteiger partial charge >= 0.3 is 0 Å². The Bertz CT molecular complexity index is 498. The van der Waals surface area contributed by atoms with Crippen LogP contribution in [0.15, 0.2) is 29.2 Å². The molecule has 0 radical (unpaired) electrons. The van der Waals surface area contributed by atoms with Crippen LogP contribution in [0.3, 0.4) is 0 Å². The van der Waals surface area contributed by atoms with Crippen LogP contribution in [0, 0.1) is 0 Å². The zero-order valence-corrected chi connectivity index (χ0v) is 14.0. The monoisotopic (exact) mass is 313 g/mol. The molecule has 2 N–H and O–H groups in total. The van der Waals surface area contributed by atoms with Crippen molar-refractivity contribution < 1.29 is 8.42 Å². The van der Waals surface area contributed by atoms with Crippen LogP contribution >= 0.6 is 0 Å². The largest absolute Gasteiger partial charge is 0.317 e. The third-order valence-corrected chi connectivity index (χ3v) is 4.63. The maximum Gasteiger partial charge on any atom is 0.240 e. The fourth-order valence-electron chi connectivity index (χ4n) is 1.93. The Balaban J connectivity index is 2.50. The van der Waals surface area contributed by atoms with Gasteiger partial charge in [-0.05, 0) is 64.3 Å². The van der Waals surface area contributed by atoms with Gasteiger partial charge in [-0.2, -0.15) is 0 Å². The zero-order valence-electron chi connectivity index (χ0n) is 13.2. The second-order valence-electron chi connectivity index (χ2n) is 5.30. The van der Waals surface area contributed by atoms with Gasteiger partial charge < -0.3 is 10.2 Å². The normalized spacial score (nSPS) is 12.0. The van der Waals surface area contributed by atoms with E-state index in [2.05, 4.69) is 17.0 Å².